The molecule has 0 amide bonds. The maximum Gasteiger partial charge on any atom is 0.197 e. The molecular weight excluding hydrogens is 277 g/mol. The lowest BCUT2D eigenvalue weighted by molar-refractivity contribution is 0.524. The number of oxazole rings is 1. The van der Waals surface area contributed by atoms with Gasteiger partial charge in [-0.25, -0.2) is 9.37 Å². The highest BCUT2D eigenvalue weighted by Gasteiger charge is 2.14. The Bertz CT molecular complexity index is 700. The average Bonchev–Trinajstić information content (AvgIpc) is 2.79. The van der Waals surface area contributed by atoms with E-state index in [9.17, 15) is 4.39 Å². The maximum atomic E-state index is 13.4. The molecular formula is C16H13ClFNO. The summed E-state index contributed by atoms with van der Waals surface area (Å²) in [5.41, 5.74) is 3.14. The van der Waals surface area contributed by atoms with Crippen LogP contribution in [0.25, 0.3) is 11.1 Å². The lowest BCUT2D eigenvalue weighted by atomic mass is 10.1. The molecule has 0 spiro atoms. The summed E-state index contributed by atoms with van der Waals surface area (Å²) in [5, 5.41) is -0.363. The Labute approximate surface area is 121 Å². The van der Waals surface area contributed by atoms with E-state index in [2.05, 4.69) is 4.98 Å². The molecule has 0 bridgehead atoms. The molecule has 0 saturated heterocycles. The molecule has 0 aliphatic rings. The standard InChI is InChI=1S/C16H13ClFNO/c1-10-6-11(8-12(18)7-10)13(17)9-16-19-14-4-2-3-5-15(14)20-16/h2-8,13H,9H2,1H3. The van der Waals surface area contributed by atoms with Gasteiger partial charge in [-0.05, 0) is 42.3 Å². The summed E-state index contributed by atoms with van der Waals surface area (Å²) in [7, 11) is 0. The Morgan fingerprint density at radius 3 is 2.80 bits per heavy atom. The predicted molar refractivity (Wildman–Crippen MR) is 77.4 cm³/mol. The molecule has 1 unspecified atom stereocenters. The average molecular weight is 290 g/mol. The van der Waals surface area contributed by atoms with Crippen molar-refractivity contribution in [3.05, 3.63) is 65.3 Å². The SMILES string of the molecule is Cc1cc(F)cc(C(Cl)Cc2nc3ccccc3o2)c1. The van der Waals surface area contributed by atoms with E-state index in [0.29, 0.717) is 12.3 Å². The van der Waals surface area contributed by atoms with Crippen LogP contribution < -0.4 is 0 Å². The van der Waals surface area contributed by atoms with Crippen molar-refractivity contribution in [3.63, 3.8) is 0 Å². The van der Waals surface area contributed by atoms with E-state index < -0.39 is 0 Å². The number of benzene rings is 2. The molecule has 2 aromatic carbocycles. The van der Waals surface area contributed by atoms with E-state index in [1.807, 2.05) is 37.3 Å². The molecule has 0 aliphatic carbocycles. The van der Waals surface area contributed by atoms with Crippen LogP contribution in [0.15, 0.2) is 46.9 Å². The molecule has 0 saturated carbocycles. The number of hydrogen-bond acceptors (Lipinski definition) is 2. The van der Waals surface area contributed by atoms with Crippen LogP contribution in [0.4, 0.5) is 4.39 Å². The van der Waals surface area contributed by atoms with Crippen molar-refractivity contribution >= 4 is 22.7 Å². The highest BCUT2D eigenvalue weighted by atomic mass is 35.5. The summed E-state index contributed by atoms with van der Waals surface area (Å²) in [5.74, 6) is 0.288. The monoisotopic (exact) mass is 289 g/mol. The lowest BCUT2D eigenvalue weighted by Gasteiger charge is -2.08. The zero-order valence-corrected chi connectivity index (χ0v) is 11.7. The Balaban J connectivity index is 1.86. The largest absolute Gasteiger partial charge is 0.441 e. The van der Waals surface area contributed by atoms with Gasteiger partial charge in [0.1, 0.15) is 11.3 Å². The number of hydrogen-bond donors (Lipinski definition) is 0. The molecule has 102 valence electrons. The Kier molecular flexibility index (Phi) is 3.45. The molecule has 1 atom stereocenters. The Morgan fingerprint density at radius 2 is 2.05 bits per heavy atom. The van der Waals surface area contributed by atoms with E-state index in [4.69, 9.17) is 16.0 Å². The van der Waals surface area contributed by atoms with Gasteiger partial charge in [0.05, 0.1) is 5.38 Å². The summed E-state index contributed by atoms with van der Waals surface area (Å²) in [4.78, 5) is 4.38. The van der Waals surface area contributed by atoms with Crippen LogP contribution in [0.2, 0.25) is 0 Å². The van der Waals surface area contributed by atoms with Crippen molar-refractivity contribution in [2.75, 3.05) is 0 Å². The predicted octanol–water partition coefficient (Wildman–Crippen LogP) is 4.80. The first kappa shape index (κ1) is 13.1. The Morgan fingerprint density at radius 1 is 1.25 bits per heavy atom. The second-order valence-electron chi connectivity index (χ2n) is 4.81. The number of aryl methyl sites for hydroxylation is 1. The van der Waals surface area contributed by atoms with E-state index >= 15 is 0 Å². The van der Waals surface area contributed by atoms with Crippen molar-refractivity contribution in [2.45, 2.75) is 18.7 Å². The first-order valence-electron chi connectivity index (χ1n) is 6.37. The van der Waals surface area contributed by atoms with Gasteiger partial charge in [0.15, 0.2) is 11.5 Å². The summed E-state index contributed by atoms with van der Waals surface area (Å²) >= 11 is 6.35. The minimum absolute atomic E-state index is 0.275. The number of para-hydroxylation sites is 2. The van der Waals surface area contributed by atoms with Crippen molar-refractivity contribution in [2.24, 2.45) is 0 Å². The normalized spacial score (nSPS) is 12.8. The third-order valence-corrected chi connectivity index (χ3v) is 3.52. The molecule has 1 aromatic heterocycles. The number of rotatable bonds is 3. The molecule has 2 nitrogen and oxygen atoms in total. The molecule has 3 aromatic rings. The number of alkyl halides is 1. The third kappa shape index (κ3) is 2.68. The minimum Gasteiger partial charge on any atom is -0.441 e. The topological polar surface area (TPSA) is 26.0 Å². The zero-order chi connectivity index (χ0) is 14.1. The molecule has 0 fully saturated rings. The van der Waals surface area contributed by atoms with Crippen molar-refractivity contribution in [1.29, 1.82) is 0 Å². The fourth-order valence-corrected chi connectivity index (χ4v) is 2.48. The number of nitrogens with zero attached hydrogens (tertiary/aromatic N) is 1. The van der Waals surface area contributed by atoms with Crippen LogP contribution in [0.5, 0.6) is 0 Å². The maximum absolute atomic E-state index is 13.4. The van der Waals surface area contributed by atoms with Crippen LogP contribution in [-0.4, -0.2) is 4.98 Å². The van der Waals surface area contributed by atoms with Gasteiger partial charge in [-0.2, -0.15) is 0 Å². The number of fused-ring (bicyclic) bond motifs is 1. The molecule has 20 heavy (non-hydrogen) atoms. The van der Waals surface area contributed by atoms with Gasteiger partial charge in [-0.3, -0.25) is 0 Å². The van der Waals surface area contributed by atoms with Gasteiger partial charge in [-0.1, -0.05) is 18.2 Å². The summed E-state index contributed by atoms with van der Waals surface area (Å²) < 4.78 is 19.0. The molecule has 3 rings (SSSR count). The number of halogens is 2. The van der Waals surface area contributed by atoms with Crippen molar-refractivity contribution < 1.29 is 8.81 Å². The van der Waals surface area contributed by atoms with Crippen LogP contribution >= 0.6 is 11.6 Å². The Hall–Kier alpha value is -1.87. The highest BCUT2D eigenvalue weighted by Crippen LogP contribution is 2.27. The van der Waals surface area contributed by atoms with E-state index in [0.717, 1.165) is 22.2 Å². The fourth-order valence-electron chi connectivity index (χ4n) is 2.22. The molecule has 0 aliphatic heterocycles. The second-order valence-corrected chi connectivity index (χ2v) is 5.34. The van der Waals surface area contributed by atoms with E-state index in [-0.39, 0.29) is 11.2 Å². The van der Waals surface area contributed by atoms with Gasteiger partial charge in [-0.15, -0.1) is 11.6 Å². The van der Waals surface area contributed by atoms with Crippen LogP contribution in [0.1, 0.15) is 22.4 Å². The van der Waals surface area contributed by atoms with Crippen LogP contribution in [-0.2, 0) is 6.42 Å². The molecule has 0 radical (unpaired) electrons. The second kappa shape index (κ2) is 5.25. The van der Waals surface area contributed by atoms with Crippen LogP contribution in [0.3, 0.4) is 0 Å². The van der Waals surface area contributed by atoms with Gasteiger partial charge in [0.25, 0.3) is 0 Å². The molecule has 1 heterocycles. The van der Waals surface area contributed by atoms with Gasteiger partial charge in [0.2, 0.25) is 0 Å². The smallest absolute Gasteiger partial charge is 0.197 e. The van der Waals surface area contributed by atoms with Gasteiger partial charge >= 0.3 is 0 Å². The summed E-state index contributed by atoms with van der Waals surface area (Å²) in [6, 6.07) is 12.4. The highest BCUT2D eigenvalue weighted by molar-refractivity contribution is 6.20. The molecule has 4 heteroatoms. The van der Waals surface area contributed by atoms with Crippen molar-refractivity contribution in [1.82, 2.24) is 4.98 Å². The fraction of sp³-hybridized carbons (Fsp3) is 0.188. The third-order valence-electron chi connectivity index (χ3n) is 3.12. The van der Waals surface area contributed by atoms with E-state index in [1.165, 1.54) is 12.1 Å². The minimum atomic E-state index is -0.363. The summed E-state index contributed by atoms with van der Waals surface area (Å²) in [6.45, 7) is 1.84. The van der Waals surface area contributed by atoms with Gasteiger partial charge < -0.3 is 4.42 Å². The van der Waals surface area contributed by atoms with Crippen LogP contribution in [0, 0.1) is 12.7 Å². The number of aromatic nitrogens is 1. The first-order chi connectivity index (χ1) is 9.61. The summed E-state index contributed by atoms with van der Waals surface area (Å²) in [6.07, 6.45) is 0.430. The van der Waals surface area contributed by atoms with Gasteiger partial charge in [0, 0.05) is 6.42 Å². The van der Waals surface area contributed by atoms with Crippen molar-refractivity contribution in [3.8, 4) is 0 Å². The lowest BCUT2D eigenvalue weighted by Crippen LogP contribution is -1.97. The first-order valence-corrected chi connectivity index (χ1v) is 6.81. The molecule has 0 N–H and O–H groups in total. The van der Waals surface area contributed by atoms with E-state index in [1.54, 1.807) is 0 Å². The quantitative estimate of drug-likeness (QED) is 0.647. The zero-order valence-electron chi connectivity index (χ0n) is 10.9.